The van der Waals surface area contributed by atoms with Gasteiger partial charge in [-0.3, -0.25) is 0 Å². The monoisotopic (exact) mass is 650 g/mol. The molecular weight excluding hydrogens is 609 g/mol. The highest BCUT2D eigenvalue weighted by molar-refractivity contribution is 7.80. The molecule has 0 fully saturated rings. The van der Waals surface area contributed by atoms with Crippen molar-refractivity contribution in [2.45, 2.75) is 54.9 Å². The summed E-state index contributed by atoms with van der Waals surface area (Å²) < 4.78 is 2.45. The first-order valence-electron chi connectivity index (χ1n) is 16.2. The molecule has 1 N–H and O–H groups in total. The van der Waals surface area contributed by atoms with E-state index in [9.17, 15) is 0 Å². The van der Waals surface area contributed by atoms with Crippen molar-refractivity contribution in [2.24, 2.45) is 0 Å². The van der Waals surface area contributed by atoms with Crippen LogP contribution in [0.25, 0.3) is 32.9 Å². The first kappa shape index (κ1) is 32.6. The van der Waals surface area contributed by atoms with Gasteiger partial charge in [0.25, 0.3) is 0 Å². The van der Waals surface area contributed by atoms with Crippen LogP contribution in [0.15, 0.2) is 162 Å². The molecule has 0 saturated heterocycles. The van der Waals surface area contributed by atoms with Gasteiger partial charge in [-0.05, 0) is 91.9 Å². The molecule has 4 heteroatoms. The topological polar surface area (TPSA) is 17.0 Å². The van der Waals surface area contributed by atoms with E-state index in [1.807, 2.05) is 30.3 Å². The van der Waals surface area contributed by atoms with Gasteiger partial charge < -0.3 is 9.88 Å². The minimum atomic E-state index is -0.0194. The first-order valence-corrected chi connectivity index (χ1v) is 17.1. The Kier molecular flexibility index (Phi) is 9.81. The summed E-state index contributed by atoms with van der Waals surface area (Å²) in [6.45, 7) is 10.9. The van der Waals surface area contributed by atoms with Crippen molar-refractivity contribution >= 4 is 52.8 Å². The van der Waals surface area contributed by atoms with Gasteiger partial charge >= 0.3 is 0 Å². The molecule has 1 atom stereocenters. The summed E-state index contributed by atoms with van der Waals surface area (Å²) in [6.07, 6.45) is 10.2. The second-order valence-corrected chi connectivity index (χ2v) is 14.0. The molecule has 0 aliphatic heterocycles. The quantitative estimate of drug-likeness (QED) is 0.0993. The molecule has 1 unspecified atom stereocenters. The van der Waals surface area contributed by atoms with Crippen LogP contribution in [0.2, 0.25) is 0 Å². The second-order valence-electron chi connectivity index (χ2n) is 13.0. The van der Waals surface area contributed by atoms with Crippen molar-refractivity contribution in [3.8, 4) is 11.1 Å². The van der Waals surface area contributed by atoms with Crippen LogP contribution >= 0.6 is 25.3 Å². The standard InChI is InChI=1S/C43H42N2S2/c1-5-13-35(28-33(36-17-8-11-21-42(36)47)16-12-15-31-14-6-10-20-41(31)46)44-34-25-22-30(23-26-34)32-24-27-40-38(29-32)37-18-7-9-19-39(37)45(40)43(2,3)4/h5-12,14,16-29,33,44,46-47H,1,13,15H2,2-4H3/b16-12-,35-28-. The summed E-state index contributed by atoms with van der Waals surface area (Å²) in [6, 6.07) is 40.8. The number of para-hydroxylation sites is 1. The maximum atomic E-state index is 4.81. The van der Waals surface area contributed by atoms with Gasteiger partial charge in [0.05, 0.1) is 0 Å². The molecule has 47 heavy (non-hydrogen) atoms. The average molecular weight is 651 g/mol. The zero-order chi connectivity index (χ0) is 33.0. The van der Waals surface area contributed by atoms with E-state index in [0.717, 1.165) is 39.6 Å². The molecule has 0 saturated carbocycles. The lowest BCUT2D eigenvalue weighted by atomic mass is 9.95. The number of anilines is 1. The van der Waals surface area contributed by atoms with Crippen LogP contribution in [0.1, 0.15) is 44.2 Å². The average Bonchev–Trinajstić information content (AvgIpc) is 3.40. The molecular formula is C43H42N2S2. The van der Waals surface area contributed by atoms with Crippen molar-refractivity contribution in [3.63, 3.8) is 0 Å². The zero-order valence-corrected chi connectivity index (χ0v) is 29.1. The molecule has 0 amide bonds. The van der Waals surface area contributed by atoms with E-state index in [2.05, 4.69) is 159 Å². The Balaban J connectivity index is 1.28. The van der Waals surface area contributed by atoms with Gasteiger partial charge in [-0.1, -0.05) is 97.1 Å². The largest absolute Gasteiger partial charge is 0.359 e. The Bertz CT molecular complexity index is 2090. The van der Waals surface area contributed by atoms with Crippen LogP contribution in [0.3, 0.4) is 0 Å². The normalized spacial score (nSPS) is 13.0. The van der Waals surface area contributed by atoms with E-state index in [0.29, 0.717) is 0 Å². The summed E-state index contributed by atoms with van der Waals surface area (Å²) in [7, 11) is 0. The van der Waals surface area contributed by atoms with Gasteiger partial charge in [-0.15, -0.1) is 31.8 Å². The third kappa shape index (κ3) is 7.30. The lowest BCUT2D eigenvalue weighted by Gasteiger charge is -2.24. The third-order valence-corrected chi connectivity index (χ3v) is 9.42. The maximum Gasteiger partial charge on any atom is 0.0496 e. The highest BCUT2D eigenvalue weighted by atomic mass is 32.1. The number of allylic oxidation sites excluding steroid dienone is 4. The van der Waals surface area contributed by atoms with Gasteiger partial charge in [-0.2, -0.15) is 0 Å². The van der Waals surface area contributed by atoms with Crippen molar-refractivity contribution in [2.75, 3.05) is 5.32 Å². The Hall–Kier alpha value is -4.38. The molecule has 0 aliphatic rings. The fraction of sp³-hybridized carbons (Fsp3) is 0.163. The van der Waals surface area contributed by atoms with Crippen LogP contribution in [0.5, 0.6) is 0 Å². The second kappa shape index (κ2) is 14.2. The predicted molar refractivity (Wildman–Crippen MR) is 209 cm³/mol. The molecule has 6 aromatic rings. The minimum absolute atomic E-state index is 0.0194. The summed E-state index contributed by atoms with van der Waals surface area (Å²) in [5.74, 6) is 0.0412. The number of hydrogen-bond donors (Lipinski definition) is 3. The Labute approximate surface area is 290 Å². The van der Waals surface area contributed by atoms with Crippen LogP contribution in [0, 0.1) is 0 Å². The van der Waals surface area contributed by atoms with E-state index in [-0.39, 0.29) is 11.5 Å². The molecule has 2 nitrogen and oxygen atoms in total. The number of nitrogens with zero attached hydrogens (tertiary/aromatic N) is 1. The molecule has 0 spiro atoms. The van der Waals surface area contributed by atoms with Crippen molar-refractivity contribution in [3.05, 3.63) is 163 Å². The minimum Gasteiger partial charge on any atom is -0.359 e. The fourth-order valence-corrected chi connectivity index (χ4v) is 6.94. The smallest absolute Gasteiger partial charge is 0.0496 e. The molecule has 236 valence electrons. The first-order chi connectivity index (χ1) is 22.7. The lowest BCUT2D eigenvalue weighted by molar-refractivity contribution is 0.423. The maximum absolute atomic E-state index is 4.81. The molecule has 0 aliphatic carbocycles. The van der Waals surface area contributed by atoms with Crippen molar-refractivity contribution in [1.29, 1.82) is 0 Å². The molecule has 6 rings (SSSR count). The van der Waals surface area contributed by atoms with E-state index in [1.165, 1.54) is 38.5 Å². The zero-order valence-electron chi connectivity index (χ0n) is 27.3. The summed E-state index contributed by atoms with van der Waals surface area (Å²) in [5.41, 5.74) is 9.41. The van der Waals surface area contributed by atoms with Gasteiger partial charge in [0.15, 0.2) is 0 Å². The molecule has 5 aromatic carbocycles. The lowest BCUT2D eigenvalue weighted by Crippen LogP contribution is -2.21. The number of thiol groups is 2. The number of nitrogens with one attached hydrogen (secondary N) is 1. The fourth-order valence-electron chi connectivity index (χ4n) is 6.38. The van der Waals surface area contributed by atoms with Crippen LogP contribution in [0.4, 0.5) is 5.69 Å². The van der Waals surface area contributed by atoms with Crippen molar-refractivity contribution in [1.82, 2.24) is 4.57 Å². The molecule has 0 radical (unpaired) electrons. The summed E-state index contributed by atoms with van der Waals surface area (Å²) >= 11 is 9.44. The number of aromatic nitrogens is 1. The number of fused-ring (bicyclic) bond motifs is 3. The summed E-state index contributed by atoms with van der Waals surface area (Å²) in [5, 5.41) is 6.26. The van der Waals surface area contributed by atoms with Crippen molar-refractivity contribution < 1.29 is 0 Å². The number of rotatable bonds is 10. The molecule has 1 heterocycles. The van der Waals surface area contributed by atoms with Crippen LogP contribution in [-0.2, 0) is 12.0 Å². The number of hydrogen-bond acceptors (Lipinski definition) is 3. The molecule has 1 aromatic heterocycles. The van der Waals surface area contributed by atoms with E-state index < -0.39 is 0 Å². The highest BCUT2D eigenvalue weighted by Crippen LogP contribution is 2.37. The van der Waals surface area contributed by atoms with E-state index in [4.69, 9.17) is 12.6 Å². The summed E-state index contributed by atoms with van der Waals surface area (Å²) in [4.78, 5) is 1.98. The highest BCUT2D eigenvalue weighted by Gasteiger charge is 2.20. The SMILES string of the molecule is C=CC/C(=C/C(/C=C\Cc1ccccc1S)c1ccccc1S)Nc1ccc(-c2ccc3c(c2)c2ccccc2n3C(C)(C)C)cc1. The Morgan fingerprint density at radius 3 is 2.15 bits per heavy atom. The number of benzene rings is 5. The predicted octanol–water partition coefficient (Wildman–Crippen LogP) is 12.2. The van der Waals surface area contributed by atoms with E-state index in [1.54, 1.807) is 0 Å². The molecule has 0 bridgehead atoms. The van der Waals surface area contributed by atoms with E-state index >= 15 is 0 Å². The van der Waals surface area contributed by atoms with Gasteiger partial charge in [0.1, 0.15) is 0 Å². The van der Waals surface area contributed by atoms with Gasteiger partial charge in [0, 0.05) is 60.9 Å². The van der Waals surface area contributed by atoms with Crippen LogP contribution < -0.4 is 5.32 Å². The third-order valence-electron chi connectivity index (χ3n) is 8.58. The Morgan fingerprint density at radius 2 is 1.43 bits per heavy atom. The van der Waals surface area contributed by atoms with Gasteiger partial charge in [-0.25, -0.2) is 0 Å². The van der Waals surface area contributed by atoms with Gasteiger partial charge in [0.2, 0.25) is 0 Å². The van der Waals surface area contributed by atoms with Crippen LogP contribution in [-0.4, -0.2) is 4.57 Å². The Morgan fingerprint density at radius 1 is 0.766 bits per heavy atom.